The van der Waals surface area contributed by atoms with E-state index in [4.69, 9.17) is 26.8 Å². The summed E-state index contributed by atoms with van der Waals surface area (Å²) in [4.78, 5) is 12.5. The number of aryl methyl sites for hydroxylation is 2. The maximum Gasteiger partial charge on any atom is 0.262 e. The number of halogens is 2. The number of carbonyl (C=O) groups is 1. The zero-order valence-corrected chi connectivity index (χ0v) is 20.0. The van der Waals surface area contributed by atoms with Gasteiger partial charge in [0.15, 0.2) is 6.61 Å². The summed E-state index contributed by atoms with van der Waals surface area (Å²) in [5.41, 5.74) is 9.78. The molecule has 3 aromatic rings. The molecule has 1 unspecified atom stereocenters. The Kier molecular flexibility index (Phi) is 6.31. The monoisotopic (exact) mass is 527 g/mol. The van der Waals surface area contributed by atoms with Crippen LogP contribution in [0.5, 0.6) is 11.6 Å². The number of fused-ring (bicyclic) bond motifs is 1. The summed E-state index contributed by atoms with van der Waals surface area (Å²) in [6, 6.07) is 12.7. The molecule has 0 saturated heterocycles. The normalized spacial score (nSPS) is 14.8. The number of nitrogens with one attached hydrogen (secondary N) is 2. The van der Waals surface area contributed by atoms with E-state index in [0.29, 0.717) is 33.5 Å². The largest absolute Gasteiger partial charge is 0.483 e. The maximum atomic E-state index is 12.5. The molecule has 0 bridgehead atoms. The highest BCUT2D eigenvalue weighted by molar-refractivity contribution is 9.10. The highest BCUT2D eigenvalue weighted by atomic mass is 79.9. The summed E-state index contributed by atoms with van der Waals surface area (Å²) in [6.07, 6.45) is 0. The molecule has 2 heterocycles. The third-order valence-electron chi connectivity index (χ3n) is 5.23. The fourth-order valence-electron chi connectivity index (χ4n) is 3.60. The lowest BCUT2D eigenvalue weighted by molar-refractivity contribution is -0.118. The van der Waals surface area contributed by atoms with Crippen molar-refractivity contribution in [2.75, 3.05) is 11.9 Å². The van der Waals surface area contributed by atoms with Gasteiger partial charge >= 0.3 is 0 Å². The van der Waals surface area contributed by atoms with Gasteiger partial charge in [0.2, 0.25) is 11.8 Å². The zero-order chi connectivity index (χ0) is 23.7. The van der Waals surface area contributed by atoms with Gasteiger partial charge in [-0.3, -0.25) is 9.89 Å². The van der Waals surface area contributed by atoms with Crippen molar-refractivity contribution in [2.24, 2.45) is 5.73 Å². The third kappa shape index (κ3) is 4.53. The minimum Gasteiger partial charge on any atom is -0.483 e. The van der Waals surface area contributed by atoms with Crippen LogP contribution in [-0.4, -0.2) is 22.7 Å². The number of benzene rings is 2. The molecule has 4 rings (SSSR count). The number of amides is 1. The number of nitrogens with two attached hydrogens (primary N) is 1. The Bertz CT molecular complexity index is 1330. The number of ether oxygens (including phenoxy) is 2. The van der Waals surface area contributed by atoms with Gasteiger partial charge in [0.05, 0.1) is 5.92 Å². The molecule has 2 aromatic carbocycles. The van der Waals surface area contributed by atoms with Gasteiger partial charge in [-0.15, -0.1) is 5.10 Å². The van der Waals surface area contributed by atoms with E-state index >= 15 is 0 Å². The Morgan fingerprint density at radius 3 is 2.88 bits per heavy atom. The number of carbonyl (C=O) groups excluding carboxylic acids is 1. The fraction of sp³-hybridized carbons (Fsp3) is 0.174. The second-order valence-electron chi connectivity index (χ2n) is 7.48. The molecule has 0 aliphatic carbocycles. The van der Waals surface area contributed by atoms with Crippen LogP contribution in [-0.2, 0) is 4.79 Å². The van der Waals surface area contributed by atoms with Gasteiger partial charge in [0.25, 0.3) is 5.91 Å². The van der Waals surface area contributed by atoms with Crippen molar-refractivity contribution in [3.63, 3.8) is 0 Å². The molecule has 1 aliphatic heterocycles. The molecule has 0 spiro atoms. The van der Waals surface area contributed by atoms with Crippen molar-refractivity contribution in [1.29, 1.82) is 5.26 Å². The van der Waals surface area contributed by atoms with Gasteiger partial charge in [-0.25, -0.2) is 0 Å². The first-order valence-electron chi connectivity index (χ1n) is 9.89. The molecule has 10 heteroatoms. The molecule has 4 N–H and O–H groups in total. The van der Waals surface area contributed by atoms with E-state index in [1.807, 2.05) is 26.0 Å². The second kappa shape index (κ2) is 9.17. The van der Waals surface area contributed by atoms with Gasteiger partial charge in [-0.2, -0.15) is 5.26 Å². The van der Waals surface area contributed by atoms with E-state index in [-0.39, 0.29) is 24.0 Å². The average Bonchev–Trinajstić information content (AvgIpc) is 3.14. The lowest BCUT2D eigenvalue weighted by atomic mass is 9.83. The SMILES string of the molecule is Cc1ccc(NC(=O)COc2ccc(Br)cc2C2C(C#N)=C(N)Oc3n[nH]c(C)c32)cc1Cl. The van der Waals surface area contributed by atoms with Gasteiger partial charge in [0.1, 0.15) is 17.4 Å². The number of anilines is 1. The highest BCUT2D eigenvalue weighted by Gasteiger charge is 2.36. The van der Waals surface area contributed by atoms with Crippen molar-refractivity contribution < 1.29 is 14.3 Å². The number of rotatable bonds is 5. The number of hydrogen-bond donors (Lipinski definition) is 3. The molecule has 0 fully saturated rings. The van der Waals surface area contributed by atoms with Gasteiger partial charge in [-0.05, 0) is 49.7 Å². The van der Waals surface area contributed by atoms with E-state index in [0.717, 1.165) is 15.7 Å². The topological polar surface area (TPSA) is 126 Å². The molecule has 33 heavy (non-hydrogen) atoms. The summed E-state index contributed by atoms with van der Waals surface area (Å²) in [6.45, 7) is 3.46. The van der Waals surface area contributed by atoms with Gasteiger partial charge in [0, 0.05) is 32.0 Å². The van der Waals surface area contributed by atoms with Crippen LogP contribution in [0.3, 0.4) is 0 Å². The van der Waals surface area contributed by atoms with Crippen LogP contribution in [0.25, 0.3) is 0 Å². The van der Waals surface area contributed by atoms with E-state index in [1.165, 1.54) is 0 Å². The first-order valence-corrected chi connectivity index (χ1v) is 11.1. The van der Waals surface area contributed by atoms with E-state index < -0.39 is 5.92 Å². The molecule has 8 nitrogen and oxygen atoms in total. The molecule has 168 valence electrons. The Labute approximate surface area is 203 Å². The van der Waals surface area contributed by atoms with E-state index in [1.54, 1.807) is 24.3 Å². The Balaban J connectivity index is 1.63. The predicted octanol–water partition coefficient (Wildman–Crippen LogP) is 4.68. The Hall–Kier alpha value is -3.48. The zero-order valence-electron chi connectivity index (χ0n) is 17.7. The minimum absolute atomic E-state index is 0.0265. The van der Waals surface area contributed by atoms with E-state index in [9.17, 15) is 10.1 Å². The summed E-state index contributed by atoms with van der Waals surface area (Å²) in [5.74, 6) is -0.236. The average molecular weight is 529 g/mol. The smallest absolute Gasteiger partial charge is 0.262 e. The quantitative estimate of drug-likeness (QED) is 0.441. The molecule has 1 amide bonds. The van der Waals surface area contributed by atoms with Gasteiger partial charge < -0.3 is 20.5 Å². The number of aromatic amines is 1. The number of nitriles is 1. The number of nitrogens with zero attached hydrogens (tertiary/aromatic N) is 2. The van der Waals surface area contributed by atoms with Crippen molar-refractivity contribution in [2.45, 2.75) is 19.8 Å². The summed E-state index contributed by atoms with van der Waals surface area (Å²) < 4.78 is 12.2. The van der Waals surface area contributed by atoms with Crippen molar-refractivity contribution >= 4 is 39.1 Å². The summed E-state index contributed by atoms with van der Waals surface area (Å²) in [7, 11) is 0. The fourth-order valence-corrected chi connectivity index (χ4v) is 4.16. The van der Waals surface area contributed by atoms with Crippen molar-refractivity contribution in [3.05, 3.63) is 79.7 Å². The molecule has 1 aromatic heterocycles. The second-order valence-corrected chi connectivity index (χ2v) is 8.80. The van der Waals surface area contributed by atoms with Gasteiger partial charge in [-0.1, -0.05) is 33.6 Å². The van der Waals surface area contributed by atoms with Crippen LogP contribution >= 0.6 is 27.5 Å². The number of allylic oxidation sites excluding steroid dienone is 1. The Morgan fingerprint density at radius 2 is 2.15 bits per heavy atom. The summed E-state index contributed by atoms with van der Waals surface area (Å²) in [5, 5.41) is 20.1. The molecule has 0 saturated carbocycles. The molecule has 1 atom stereocenters. The lowest BCUT2D eigenvalue weighted by Gasteiger charge is -2.25. The van der Waals surface area contributed by atoms with Crippen molar-refractivity contribution in [3.8, 4) is 17.7 Å². The first-order chi connectivity index (χ1) is 15.8. The van der Waals surface area contributed by atoms with E-state index in [2.05, 4.69) is 37.5 Å². The number of aromatic nitrogens is 2. The molecular weight excluding hydrogens is 510 g/mol. The van der Waals surface area contributed by atoms with Crippen LogP contribution in [0.15, 0.2) is 52.3 Å². The lowest BCUT2D eigenvalue weighted by Crippen LogP contribution is -2.23. The van der Waals surface area contributed by atoms with Crippen molar-refractivity contribution in [1.82, 2.24) is 10.2 Å². The Morgan fingerprint density at radius 1 is 1.36 bits per heavy atom. The first kappa shape index (κ1) is 22.7. The third-order valence-corrected chi connectivity index (χ3v) is 6.13. The molecule has 1 aliphatic rings. The summed E-state index contributed by atoms with van der Waals surface area (Å²) >= 11 is 9.60. The standard InChI is InChI=1S/C23H19BrClN5O3/c1-11-3-5-14(8-17(11)25)28-19(31)10-32-18-6-4-13(24)7-15(18)21-16(9-26)22(27)33-23-20(21)12(2)29-30-23/h3-8,21H,10,27H2,1-2H3,(H,28,31)(H,29,30). The molecule has 0 radical (unpaired) electrons. The minimum atomic E-state index is -0.580. The van der Waals surface area contributed by atoms with Crippen LogP contribution in [0, 0.1) is 25.2 Å². The van der Waals surface area contributed by atoms with Crippen LogP contribution in [0.2, 0.25) is 5.02 Å². The van der Waals surface area contributed by atoms with Crippen LogP contribution in [0.1, 0.15) is 28.3 Å². The van der Waals surface area contributed by atoms with Crippen LogP contribution in [0.4, 0.5) is 5.69 Å². The number of H-pyrrole nitrogens is 1. The van der Waals surface area contributed by atoms with Crippen LogP contribution < -0.4 is 20.5 Å². The maximum absolute atomic E-state index is 12.5. The number of hydrogen-bond acceptors (Lipinski definition) is 6. The highest BCUT2D eigenvalue weighted by Crippen LogP contribution is 2.46. The predicted molar refractivity (Wildman–Crippen MR) is 127 cm³/mol. The molecular formula is C23H19BrClN5O3.